The maximum atomic E-state index is 12.3. The number of rotatable bonds is 4. The fourth-order valence-electron chi connectivity index (χ4n) is 3.26. The lowest BCUT2D eigenvalue weighted by Crippen LogP contribution is -2.51. The molecule has 0 spiro atoms. The van der Waals surface area contributed by atoms with Gasteiger partial charge in [-0.15, -0.1) is 0 Å². The summed E-state index contributed by atoms with van der Waals surface area (Å²) in [5.74, 6) is 1.49. The van der Waals surface area contributed by atoms with Gasteiger partial charge in [0.25, 0.3) is 0 Å². The standard InChI is InChI=1S/C18H21ClN4OS/c19-15-6-4-13(5-7-15)12-16-20-18(25-21-16)23-10-8-22(9-11-23)17(24)14-2-1-3-14/h4-7,14H,1-3,8-12H2. The normalized spacial score (nSPS) is 18.3. The van der Waals surface area contributed by atoms with Gasteiger partial charge in [0.2, 0.25) is 11.0 Å². The second kappa shape index (κ2) is 7.30. The lowest BCUT2D eigenvalue weighted by Gasteiger charge is -2.38. The van der Waals surface area contributed by atoms with Gasteiger partial charge in [-0.1, -0.05) is 30.2 Å². The number of aromatic nitrogens is 2. The average molecular weight is 377 g/mol. The lowest BCUT2D eigenvalue weighted by atomic mass is 9.84. The Kier molecular flexibility index (Phi) is 4.90. The Morgan fingerprint density at radius 2 is 1.88 bits per heavy atom. The molecule has 132 valence electrons. The van der Waals surface area contributed by atoms with Crippen LogP contribution < -0.4 is 4.90 Å². The molecule has 0 bridgehead atoms. The highest BCUT2D eigenvalue weighted by Crippen LogP contribution is 2.29. The van der Waals surface area contributed by atoms with Crippen LogP contribution >= 0.6 is 23.1 Å². The number of carbonyl (C=O) groups excluding carboxylic acids is 1. The van der Waals surface area contributed by atoms with E-state index in [-0.39, 0.29) is 0 Å². The molecule has 1 aromatic heterocycles. The number of piperazine rings is 1. The zero-order valence-corrected chi connectivity index (χ0v) is 15.6. The molecule has 1 saturated heterocycles. The summed E-state index contributed by atoms with van der Waals surface area (Å²) >= 11 is 7.37. The fraction of sp³-hybridized carbons (Fsp3) is 0.500. The second-order valence-electron chi connectivity index (χ2n) is 6.74. The highest BCUT2D eigenvalue weighted by atomic mass is 35.5. The van der Waals surface area contributed by atoms with Gasteiger partial charge in [-0.05, 0) is 30.5 Å². The van der Waals surface area contributed by atoms with Crippen LogP contribution in [0.25, 0.3) is 0 Å². The molecular weight excluding hydrogens is 356 g/mol. The molecule has 1 saturated carbocycles. The summed E-state index contributed by atoms with van der Waals surface area (Å²) in [6.45, 7) is 3.27. The van der Waals surface area contributed by atoms with Crippen LogP contribution in [0.5, 0.6) is 0 Å². The Morgan fingerprint density at radius 3 is 2.52 bits per heavy atom. The van der Waals surface area contributed by atoms with E-state index in [1.807, 2.05) is 29.2 Å². The molecule has 1 amide bonds. The van der Waals surface area contributed by atoms with Crippen molar-refractivity contribution in [2.75, 3.05) is 31.1 Å². The third kappa shape index (κ3) is 3.80. The summed E-state index contributed by atoms with van der Waals surface area (Å²) in [6, 6.07) is 7.80. The van der Waals surface area contributed by atoms with Gasteiger partial charge in [0.15, 0.2) is 0 Å². The van der Waals surface area contributed by atoms with Crippen molar-refractivity contribution in [1.29, 1.82) is 0 Å². The van der Waals surface area contributed by atoms with E-state index in [0.717, 1.165) is 60.6 Å². The number of nitrogens with zero attached hydrogens (tertiary/aromatic N) is 4. The Hall–Kier alpha value is -1.66. The molecule has 25 heavy (non-hydrogen) atoms. The summed E-state index contributed by atoms with van der Waals surface area (Å²) in [5.41, 5.74) is 1.16. The topological polar surface area (TPSA) is 49.3 Å². The number of carbonyl (C=O) groups is 1. The van der Waals surface area contributed by atoms with Gasteiger partial charge in [-0.2, -0.15) is 4.37 Å². The second-order valence-corrected chi connectivity index (χ2v) is 7.90. The number of amides is 1. The summed E-state index contributed by atoms with van der Waals surface area (Å²) in [7, 11) is 0. The van der Waals surface area contributed by atoms with Crippen LogP contribution in [0.1, 0.15) is 30.7 Å². The Morgan fingerprint density at radius 1 is 1.16 bits per heavy atom. The van der Waals surface area contributed by atoms with E-state index >= 15 is 0 Å². The molecule has 1 aliphatic carbocycles. The number of benzene rings is 1. The monoisotopic (exact) mass is 376 g/mol. The molecule has 1 aromatic carbocycles. The minimum atomic E-state index is 0.291. The smallest absolute Gasteiger partial charge is 0.225 e. The number of hydrogen-bond donors (Lipinski definition) is 0. The van der Waals surface area contributed by atoms with Gasteiger partial charge in [0.1, 0.15) is 5.82 Å². The zero-order chi connectivity index (χ0) is 17.2. The molecule has 1 aliphatic heterocycles. The third-order valence-electron chi connectivity index (χ3n) is 5.05. The van der Waals surface area contributed by atoms with E-state index in [1.54, 1.807) is 0 Å². The highest BCUT2D eigenvalue weighted by molar-refractivity contribution is 7.09. The lowest BCUT2D eigenvalue weighted by molar-refractivity contribution is -0.138. The van der Waals surface area contributed by atoms with Gasteiger partial charge in [-0.3, -0.25) is 4.79 Å². The number of halogens is 1. The van der Waals surface area contributed by atoms with Crippen molar-refractivity contribution < 1.29 is 4.79 Å². The Bertz CT molecular complexity index is 736. The van der Waals surface area contributed by atoms with E-state index in [0.29, 0.717) is 18.2 Å². The first kappa shape index (κ1) is 16.8. The van der Waals surface area contributed by atoms with Crippen molar-refractivity contribution in [2.24, 2.45) is 5.92 Å². The molecule has 0 unspecified atom stereocenters. The summed E-state index contributed by atoms with van der Waals surface area (Å²) in [6.07, 6.45) is 4.07. The Labute approximate surface area is 156 Å². The minimum absolute atomic E-state index is 0.291. The quantitative estimate of drug-likeness (QED) is 0.822. The molecule has 2 heterocycles. The van der Waals surface area contributed by atoms with Crippen LogP contribution in [-0.4, -0.2) is 46.3 Å². The summed E-state index contributed by atoms with van der Waals surface area (Å²) in [5, 5.41) is 1.70. The largest absolute Gasteiger partial charge is 0.343 e. The molecule has 4 rings (SSSR count). The molecule has 0 N–H and O–H groups in total. The van der Waals surface area contributed by atoms with Gasteiger partial charge in [-0.25, -0.2) is 4.98 Å². The van der Waals surface area contributed by atoms with E-state index in [1.165, 1.54) is 18.0 Å². The minimum Gasteiger partial charge on any atom is -0.343 e. The molecule has 2 aliphatic rings. The van der Waals surface area contributed by atoms with Crippen LogP contribution in [0.2, 0.25) is 5.02 Å². The van der Waals surface area contributed by atoms with Gasteiger partial charge in [0.05, 0.1) is 0 Å². The van der Waals surface area contributed by atoms with Gasteiger partial charge < -0.3 is 9.80 Å². The number of anilines is 1. The predicted octanol–water partition coefficient (Wildman–Crippen LogP) is 3.23. The van der Waals surface area contributed by atoms with Crippen molar-refractivity contribution in [3.8, 4) is 0 Å². The van der Waals surface area contributed by atoms with Crippen LogP contribution in [0.3, 0.4) is 0 Å². The van der Waals surface area contributed by atoms with Crippen molar-refractivity contribution in [3.05, 3.63) is 40.7 Å². The van der Waals surface area contributed by atoms with Crippen LogP contribution in [0.4, 0.5) is 5.13 Å². The molecular formula is C18H21ClN4OS. The fourth-order valence-corrected chi connectivity index (χ4v) is 4.12. The van der Waals surface area contributed by atoms with Crippen molar-refractivity contribution in [2.45, 2.75) is 25.7 Å². The summed E-state index contributed by atoms with van der Waals surface area (Å²) in [4.78, 5) is 21.3. The molecule has 2 fully saturated rings. The maximum Gasteiger partial charge on any atom is 0.225 e. The first-order chi connectivity index (χ1) is 12.2. The average Bonchev–Trinajstić information content (AvgIpc) is 3.04. The molecule has 7 heteroatoms. The van der Waals surface area contributed by atoms with E-state index in [2.05, 4.69) is 14.3 Å². The van der Waals surface area contributed by atoms with Crippen molar-refractivity contribution >= 4 is 34.2 Å². The first-order valence-corrected chi connectivity index (χ1v) is 9.95. The maximum absolute atomic E-state index is 12.3. The SMILES string of the molecule is O=C(C1CCC1)N1CCN(c2nc(Cc3ccc(Cl)cc3)ns2)CC1. The molecule has 0 radical (unpaired) electrons. The predicted molar refractivity (Wildman–Crippen MR) is 100 cm³/mol. The highest BCUT2D eigenvalue weighted by Gasteiger charge is 2.31. The third-order valence-corrected chi connectivity index (χ3v) is 6.12. The van der Waals surface area contributed by atoms with Crippen LogP contribution in [-0.2, 0) is 11.2 Å². The Balaban J connectivity index is 1.33. The van der Waals surface area contributed by atoms with Crippen LogP contribution in [0.15, 0.2) is 24.3 Å². The zero-order valence-electron chi connectivity index (χ0n) is 14.0. The van der Waals surface area contributed by atoms with Gasteiger partial charge in [0, 0.05) is 55.1 Å². The number of hydrogen-bond acceptors (Lipinski definition) is 5. The summed E-state index contributed by atoms with van der Waals surface area (Å²) < 4.78 is 4.49. The first-order valence-electron chi connectivity index (χ1n) is 8.80. The van der Waals surface area contributed by atoms with Crippen molar-refractivity contribution in [3.63, 3.8) is 0 Å². The molecule has 2 aromatic rings. The van der Waals surface area contributed by atoms with Crippen LogP contribution in [0, 0.1) is 5.92 Å². The van der Waals surface area contributed by atoms with E-state index in [4.69, 9.17) is 11.6 Å². The van der Waals surface area contributed by atoms with Gasteiger partial charge >= 0.3 is 0 Å². The van der Waals surface area contributed by atoms with Crippen molar-refractivity contribution in [1.82, 2.24) is 14.3 Å². The van der Waals surface area contributed by atoms with E-state index < -0.39 is 0 Å². The molecule has 0 atom stereocenters. The molecule has 5 nitrogen and oxygen atoms in total. The van der Waals surface area contributed by atoms with E-state index in [9.17, 15) is 4.79 Å².